The molecule has 0 aliphatic carbocycles. The Labute approximate surface area is 152 Å². The number of ether oxygens (including phenoxy) is 1. The SMILES string of the molecule is CN(C)C=C(C#N)C(=O)c1cccc(Oc2ccc(S(C)(=O)=O)cc2)c1. The second kappa shape index (κ2) is 7.85. The van der Waals surface area contributed by atoms with E-state index >= 15 is 0 Å². The summed E-state index contributed by atoms with van der Waals surface area (Å²) in [7, 11) is 0.179. The Morgan fingerprint density at radius 1 is 1.12 bits per heavy atom. The first-order valence-corrected chi connectivity index (χ1v) is 9.51. The highest BCUT2D eigenvalue weighted by Crippen LogP contribution is 2.24. The molecule has 134 valence electrons. The molecule has 0 saturated carbocycles. The molecule has 0 saturated heterocycles. The van der Waals surface area contributed by atoms with E-state index in [2.05, 4.69) is 0 Å². The highest BCUT2D eigenvalue weighted by atomic mass is 32.2. The lowest BCUT2D eigenvalue weighted by Crippen LogP contribution is -2.08. The van der Waals surface area contributed by atoms with Crippen LogP contribution < -0.4 is 4.74 Å². The van der Waals surface area contributed by atoms with Crippen LogP contribution in [0.5, 0.6) is 11.5 Å². The van der Waals surface area contributed by atoms with Crippen molar-refractivity contribution in [2.45, 2.75) is 4.90 Å². The number of allylic oxidation sites excluding steroid dienone is 1. The fraction of sp³-hybridized carbons (Fsp3) is 0.158. The van der Waals surface area contributed by atoms with Gasteiger partial charge in [-0.15, -0.1) is 0 Å². The molecule has 0 aliphatic heterocycles. The van der Waals surface area contributed by atoms with Gasteiger partial charge in [-0.3, -0.25) is 4.79 Å². The number of rotatable bonds is 6. The molecule has 0 atom stereocenters. The van der Waals surface area contributed by atoms with Gasteiger partial charge in [0.1, 0.15) is 23.1 Å². The summed E-state index contributed by atoms with van der Waals surface area (Å²) in [5.41, 5.74) is 0.342. The molecule has 0 aromatic heterocycles. The van der Waals surface area contributed by atoms with Crippen LogP contribution in [0.1, 0.15) is 10.4 Å². The van der Waals surface area contributed by atoms with Gasteiger partial charge in [-0.2, -0.15) is 5.26 Å². The summed E-state index contributed by atoms with van der Waals surface area (Å²) >= 11 is 0. The van der Waals surface area contributed by atoms with Crippen LogP contribution in [0.4, 0.5) is 0 Å². The maximum atomic E-state index is 12.4. The molecule has 2 rings (SSSR count). The first-order chi connectivity index (χ1) is 12.2. The fourth-order valence-electron chi connectivity index (χ4n) is 2.14. The van der Waals surface area contributed by atoms with Gasteiger partial charge in [0.15, 0.2) is 9.84 Å². The third kappa shape index (κ3) is 4.94. The number of benzene rings is 2. The summed E-state index contributed by atoms with van der Waals surface area (Å²) in [6.07, 6.45) is 2.59. The molecular formula is C19H18N2O4S. The van der Waals surface area contributed by atoms with Gasteiger partial charge < -0.3 is 9.64 Å². The molecule has 0 amide bonds. The van der Waals surface area contributed by atoms with Gasteiger partial charge in [-0.1, -0.05) is 12.1 Å². The minimum absolute atomic E-state index is 0.0182. The minimum Gasteiger partial charge on any atom is -0.457 e. The first-order valence-electron chi connectivity index (χ1n) is 7.62. The fourth-order valence-corrected chi connectivity index (χ4v) is 2.77. The van der Waals surface area contributed by atoms with Crippen LogP contribution >= 0.6 is 0 Å². The average molecular weight is 370 g/mol. The third-order valence-corrected chi connectivity index (χ3v) is 4.46. The van der Waals surface area contributed by atoms with Crippen molar-refractivity contribution in [3.05, 3.63) is 65.9 Å². The van der Waals surface area contributed by atoms with Crippen LogP contribution in [0.15, 0.2) is 65.2 Å². The molecular weight excluding hydrogens is 352 g/mol. The summed E-state index contributed by atoms with van der Waals surface area (Å²) < 4.78 is 28.6. The molecule has 0 heterocycles. The largest absolute Gasteiger partial charge is 0.457 e. The van der Waals surface area contributed by atoms with Crippen LogP contribution in [0.3, 0.4) is 0 Å². The Hall–Kier alpha value is -3.11. The summed E-state index contributed by atoms with van der Waals surface area (Å²) in [6.45, 7) is 0. The van der Waals surface area contributed by atoms with Crippen LogP contribution in [0.25, 0.3) is 0 Å². The Balaban J connectivity index is 2.24. The van der Waals surface area contributed by atoms with Crippen molar-refractivity contribution in [2.75, 3.05) is 20.4 Å². The van der Waals surface area contributed by atoms with E-state index < -0.39 is 15.6 Å². The van der Waals surface area contributed by atoms with Crippen LogP contribution in [-0.4, -0.2) is 39.5 Å². The van der Waals surface area contributed by atoms with Gasteiger partial charge in [-0.25, -0.2) is 8.42 Å². The quantitative estimate of drug-likeness (QED) is 0.441. The average Bonchev–Trinajstić information content (AvgIpc) is 2.59. The second-order valence-corrected chi connectivity index (χ2v) is 7.84. The molecule has 6 nitrogen and oxygen atoms in total. The molecule has 0 unspecified atom stereocenters. The normalized spacial score (nSPS) is 11.5. The lowest BCUT2D eigenvalue weighted by atomic mass is 10.0. The summed E-state index contributed by atoms with van der Waals surface area (Å²) in [6, 6.07) is 14.3. The lowest BCUT2D eigenvalue weighted by molar-refractivity contribution is 0.103. The molecule has 0 fully saturated rings. The predicted molar refractivity (Wildman–Crippen MR) is 97.8 cm³/mol. The van der Waals surface area contributed by atoms with Gasteiger partial charge >= 0.3 is 0 Å². The van der Waals surface area contributed by atoms with Crippen molar-refractivity contribution >= 4 is 15.6 Å². The number of carbonyl (C=O) groups is 1. The second-order valence-electron chi connectivity index (χ2n) is 5.82. The molecule has 7 heteroatoms. The van der Waals surface area contributed by atoms with Crippen LogP contribution in [0.2, 0.25) is 0 Å². The zero-order valence-electron chi connectivity index (χ0n) is 14.6. The number of ketones is 1. The number of hydrogen-bond donors (Lipinski definition) is 0. The van der Waals surface area contributed by atoms with Crippen molar-refractivity contribution in [2.24, 2.45) is 0 Å². The van der Waals surface area contributed by atoms with E-state index in [4.69, 9.17) is 10.00 Å². The molecule has 2 aromatic carbocycles. The molecule has 0 bridgehead atoms. The van der Waals surface area contributed by atoms with Crippen LogP contribution in [-0.2, 0) is 9.84 Å². The molecule has 2 aromatic rings. The molecule has 0 spiro atoms. The zero-order valence-corrected chi connectivity index (χ0v) is 15.4. The van der Waals surface area contributed by atoms with Crippen molar-refractivity contribution < 1.29 is 17.9 Å². The molecule has 0 N–H and O–H groups in total. The van der Waals surface area contributed by atoms with E-state index in [0.29, 0.717) is 17.1 Å². The van der Waals surface area contributed by atoms with Crippen LogP contribution in [0, 0.1) is 11.3 Å². The smallest absolute Gasteiger partial charge is 0.205 e. The van der Waals surface area contributed by atoms with Gasteiger partial charge in [0.05, 0.1) is 4.90 Å². The summed E-state index contributed by atoms with van der Waals surface area (Å²) in [4.78, 5) is 14.3. The predicted octanol–water partition coefficient (Wildman–Crippen LogP) is 3.03. The molecule has 0 radical (unpaired) electrons. The Morgan fingerprint density at radius 3 is 2.31 bits per heavy atom. The first kappa shape index (κ1) is 19.2. The highest BCUT2D eigenvalue weighted by molar-refractivity contribution is 7.90. The van der Waals surface area contributed by atoms with E-state index in [1.807, 2.05) is 6.07 Å². The van der Waals surface area contributed by atoms with Gasteiger partial charge in [0, 0.05) is 32.1 Å². The number of hydrogen-bond acceptors (Lipinski definition) is 6. The van der Waals surface area contributed by atoms with Crippen molar-refractivity contribution in [3.63, 3.8) is 0 Å². The maximum absolute atomic E-state index is 12.4. The van der Waals surface area contributed by atoms with Gasteiger partial charge in [0.25, 0.3) is 0 Å². The van der Waals surface area contributed by atoms with E-state index in [1.165, 1.54) is 36.5 Å². The summed E-state index contributed by atoms with van der Waals surface area (Å²) in [5.74, 6) is 0.440. The summed E-state index contributed by atoms with van der Waals surface area (Å²) in [5, 5.41) is 9.16. The number of sulfone groups is 1. The number of Topliss-reactive ketones (excluding diaryl/α,β-unsaturated/α-hetero) is 1. The Bertz CT molecular complexity index is 985. The molecule has 0 aliphatic rings. The van der Waals surface area contributed by atoms with Gasteiger partial charge in [-0.05, 0) is 36.4 Å². The van der Waals surface area contributed by atoms with Crippen molar-refractivity contribution in [1.82, 2.24) is 4.90 Å². The van der Waals surface area contributed by atoms with E-state index in [9.17, 15) is 13.2 Å². The number of nitriles is 1. The van der Waals surface area contributed by atoms with Gasteiger partial charge in [0.2, 0.25) is 5.78 Å². The van der Waals surface area contributed by atoms with Crippen molar-refractivity contribution in [1.29, 1.82) is 5.26 Å². The number of nitrogens with zero attached hydrogens (tertiary/aromatic N) is 2. The minimum atomic E-state index is -3.27. The van der Waals surface area contributed by atoms with E-state index in [0.717, 1.165) is 6.26 Å². The lowest BCUT2D eigenvalue weighted by Gasteiger charge is -2.09. The standard InChI is InChI=1S/C19H18N2O4S/c1-21(2)13-15(12-20)19(22)14-5-4-6-17(11-14)25-16-7-9-18(10-8-16)26(3,23)24/h4-11,13H,1-3H3. The third-order valence-electron chi connectivity index (χ3n) is 3.34. The van der Waals surface area contributed by atoms with E-state index in [-0.39, 0.29) is 10.5 Å². The molecule has 26 heavy (non-hydrogen) atoms. The topological polar surface area (TPSA) is 87.5 Å². The number of carbonyl (C=O) groups excluding carboxylic acids is 1. The maximum Gasteiger partial charge on any atom is 0.205 e. The Kier molecular flexibility index (Phi) is 5.80. The van der Waals surface area contributed by atoms with Crippen molar-refractivity contribution in [3.8, 4) is 17.6 Å². The monoisotopic (exact) mass is 370 g/mol. The highest BCUT2D eigenvalue weighted by Gasteiger charge is 2.14. The zero-order chi connectivity index (χ0) is 19.3. The Morgan fingerprint density at radius 2 is 1.77 bits per heavy atom. The van der Waals surface area contributed by atoms with E-state index in [1.54, 1.807) is 37.2 Å².